The molecule has 4 rings (SSSR count). The van der Waals surface area contributed by atoms with Crippen LogP contribution in [0.1, 0.15) is 23.1 Å². The van der Waals surface area contributed by atoms with Crippen LogP contribution in [0.15, 0.2) is 90.0 Å². The molecule has 3 aromatic carbocycles. The molecule has 0 unspecified atom stereocenters. The van der Waals surface area contributed by atoms with Gasteiger partial charge in [0, 0.05) is 5.41 Å². The van der Waals surface area contributed by atoms with Crippen LogP contribution < -0.4 is 10.2 Å². The molecule has 28 heavy (non-hydrogen) atoms. The summed E-state index contributed by atoms with van der Waals surface area (Å²) in [4.78, 5) is 12.8. The quantitative estimate of drug-likeness (QED) is 0.523. The predicted molar refractivity (Wildman–Crippen MR) is 111 cm³/mol. The van der Waals surface area contributed by atoms with E-state index in [1.807, 2.05) is 60.7 Å². The zero-order valence-electron chi connectivity index (χ0n) is 15.7. The zero-order chi connectivity index (χ0) is 19.4. The van der Waals surface area contributed by atoms with Crippen LogP contribution in [0.4, 0.5) is 0 Å². The molecule has 1 saturated carbocycles. The maximum Gasteiger partial charge on any atom is 0.244 e. The van der Waals surface area contributed by atoms with Crippen LogP contribution in [-0.2, 0) is 10.2 Å². The van der Waals surface area contributed by atoms with Crippen LogP contribution >= 0.6 is 0 Å². The Hall–Kier alpha value is -3.40. The van der Waals surface area contributed by atoms with Gasteiger partial charge in [0.2, 0.25) is 5.91 Å². The number of rotatable bonds is 6. The molecule has 1 aliphatic rings. The summed E-state index contributed by atoms with van der Waals surface area (Å²) in [5, 5.41) is 4.15. The average Bonchev–Trinajstić information content (AvgIpc) is 3.52. The van der Waals surface area contributed by atoms with Crippen LogP contribution in [0.25, 0.3) is 0 Å². The van der Waals surface area contributed by atoms with E-state index in [-0.39, 0.29) is 17.2 Å². The topological polar surface area (TPSA) is 50.7 Å². The van der Waals surface area contributed by atoms with Gasteiger partial charge < -0.3 is 4.74 Å². The highest BCUT2D eigenvalue weighted by atomic mass is 16.5. The minimum Gasteiger partial charge on any atom is -0.497 e. The van der Waals surface area contributed by atoms with Crippen molar-refractivity contribution >= 4 is 12.1 Å². The van der Waals surface area contributed by atoms with Gasteiger partial charge in [0.15, 0.2) is 0 Å². The Balaban J connectivity index is 1.52. The average molecular weight is 370 g/mol. The lowest BCUT2D eigenvalue weighted by atomic mass is 9.85. The fraction of sp³-hybridized carbons (Fsp3) is 0.167. The molecule has 0 aliphatic heterocycles. The normalized spacial score (nSPS) is 17.2. The highest BCUT2D eigenvalue weighted by Gasteiger charge is 2.60. The minimum atomic E-state index is -0.280. The molecule has 3 aromatic rings. The molecule has 140 valence electrons. The van der Waals surface area contributed by atoms with E-state index in [0.29, 0.717) is 0 Å². The second-order valence-electron chi connectivity index (χ2n) is 6.97. The molecule has 4 heteroatoms. The van der Waals surface area contributed by atoms with Crippen LogP contribution in [0.5, 0.6) is 5.75 Å². The van der Waals surface area contributed by atoms with Crippen molar-refractivity contribution in [3.05, 3.63) is 102 Å². The lowest BCUT2D eigenvalue weighted by Gasteiger charge is -2.18. The summed E-state index contributed by atoms with van der Waals surface area (Å²) in [5.41, 5.74) is 5.63. The maximum absolute atomic E-state index is 12.8. The Bertz CT molecular complexity index is 944. The molecule has 1 aliphatic carbocycles. The minimum absolute atomic E-state index is 0.0631. The number of nitrogens with zero attached hydrogens (tertiary/aromatic N) is 1. The van der Waals surface area contributed by atoms with E-state index in [9.17, 15) is 4.79 Å². The third kappa shape index (κ3) is 3.41. The molecule has 0 radical (unpaired) electrons. The molecular formula is C24H22N2O2. The van der Waals surface area contributed by atoms with Crippen molar-refractivity contribution in [3.63, 3.8) is 0 Å². The molecule has 0 saturated heterocycles. The Morgan fingerprint density at radius 2 is 1.64 bits per heavy atom. The van der Waals surface area contributed by atoms with Gasteiger partial charge in [-0.3, -0.25) is 4.79 Å². The molecule has 1 N–H and O–H groups in total. The SMILES string of the molecule is COc1cccc(C=NNC(=O)[C@H]2CC2(c2ccccc2)c2ccccc2)c1. The van der Waals surface area contributed by atoms with Crippen molar-refractivity contribution in [2.75, 3.05) is 7.11 Å². The molecule has 0 aromatic heterocycles. The summed E-state index contributed by atoms with van der Waals surface area (Å²) in [5.74, 6) is 0.552. The van der Waals surface area contributed by atoms with Gasteiger partial charge in [-0.2, -0.15) is 5.10 Å². The predicted octanol–water partition coefficient (Wildman–Crippen LogP) is 4.15. The standard InChI is InChI=1S/C24H22N2O2/c1-28-21-14-8-9-18(15-21)17-25-26-23(27)22-16-24(22,19-10-4-2-5-11-19)20-12-6-3-7-13-20/h2-15,17,22H,16H2,1H3,(H,26,27)/t22-/m1/s1. The second kappa shape index (κ2) is 7.69. The third-order valence-electron chi connectivity index (χ3n) is 5.34. The number of hydrogen-bond donors (Lipinski definition) is 1. The maximum atomic E-state index is 12.8. The van der Waals surface area contributed by atoms with Gasteiger partial charge in [-0.1, -0.05) is 72.8 Å². The van der Waals surface area contributed by atoms with E-state index in [1.165, 1.54) is 0 Å². The van der Waals surface area contributed by atoms with Gasteiger partial charge in [-0.05, 0) is 35.2 Å². The first kappa shape index (κ1) is 18.0. The number of nitrogens with one attached hydrogen (secondary N) is 1. The molecule has 1 fully saturated rings. The van der Waals surface area contributed by atoms with Gasteiger partial charge >= 0.3 is 0 Å². The summed E-state index contributed by atoms with van der Waals surface area (Å²) in [6.07, 6.45) is 2.41. The highest BCUT2D eigenvalue weighted by molar-refractivity contribution is 5.87. The fourth-order valence-electron chi connectivity index (χ4n) is 3.83. The van der Waals surface area contributed by atoms with E-state index >= 15 is 0 Å². The van der Waals surface area contributed by atoms with Gasteiger partial charge in [-0.25, -0.2) is 5.43 Å². The Morgan fingerprint density at radius 3 is 2.25 bits per heavy atom. The van der Waals surface area contributed by atoms with Crippen molar-refractivity contribution in [1.29, 1.82) is 0 Å². The van der Waals surface area contributed by atoms with Gasteiger partial charge in [0.1, 0.15) is 5.75 Å². The molecule has 0 spiro atoms. The van der Waals surface area contributed by atoms with Crippen LogP contribution in [-0.4, -0.2) is 19.2 Å². The molecule has 1 amide bonds. The number of hydrazone groups is 1. The van der Waals surface area contributed by atoms with Gasteiger partial charge in [0.25, 0.3) is 0 Å². The molecule has 1 atom stereocenters. The number of carbonyl (C=O) groups is 1. The molecule has 0 heterocycles. The first-order valence-corrected chi connectivity index (χ1v) is 9.32. The lowest BCUT2D eigenvalue weighted by molar-refractivity contribution is -0.122. The van der Waals surface area contributed by atoms with E-state index in [1.54, 1.807) is 13.3 Å². The van der Waals surface area contributed by atoms with Crippen LogP contribution in [0.2, 0.25) is 0 Å². The number of benzene rings is 3. The van der Waals surface area contributed by atoms with Crippen molar-refractivity contribution in [3.8, 4) is 5.75 Å². The second-order valence-corrected chi connectivity index (χ2v) is 6.97. The summed E-state index contributed by atoms with van der Waals surface area (Å²) in [7, 11) is 1.62. The summed E-state index contributed by atoms with van der Waals surface area (Å²) >= 11 is 0. The molecular weight excluding hydrogens is 348 g/mol. The Kier molecular flexibility index (Phi) is 4.94. The zero-order valence-corrected chi connectivity index (χ0v) is 15.7. The molecule has 4 nitrogen and oxygen atoms in total. The summed E-state index contributed by atoms with van der Waals surface area (Å²) in [6.45, 7) is 0. The highest BCUT2D eigenvalue weighted by Crippen LogP contribution is 2.58. The molecule has 0 bridgehead atoms. The number of ether oxygens (including phenoxy) is 1. The Morgan fingerprint density at radius 1 is 1.00 bits per heavy atom. The van der Waals surface area contributed by atoms with E-state index < -0.39 is 0 Å². The first-order chi connectivity index (χ1) is 13.7. The largest absolute Gasteiger partial charge is 0.497 e. The van der Waals surface area contributed by atoms with Gasteiger partial charge in [0.05, 0.1) is 19.2 Å². The first-order valence-electron chi connectivity index (χ1n) is 9.32. The van der Waals surface area contributed by atoms with E-state index in [2.05, 4.69) is 34.8 Å². The Labute approximate surface area is 164 Å². The van der Waals surface area contributed by atoms with E-state index in [4.69, 9.17) is 4.74 Å². The fourth-order valence-corrected chi connectivity index (χ4v) is 3.83. The lowest BCUT2D eigenvalue weighted by Crippen LogP contribution is -2.25. The van der Waals surface area contributed by atoms with E-state index in [0.717, 1.165) is 28.9 Å². The number of hydrogen-bond acceptors (Lipinski definition) is 3. The monoisotopic (exact) mass is 370 g/mol. The van der Waals surface area contributed by atoms with Crippen LogP contribution in [0.3, 0.4) is 0 Å². The number of carbonyl (C=O) groups excluding carboxylic acids is 1. The third-order valence-corrected chi connectivity index (χ3v) is 5.34. The van der Waals surface area contributed by atoms with Crippen molar-refractivity contribution in [2.24, 2.45) is 11.0 Å². The number of amides is 1. The van der Waals surface area contributed by atoms with Gasteiger partial charge in [-0.15, -0.1) is 0 Å². The summed E-state index contributed by atoms with van der Waals surface area (Å²) in [6, 6.07) is 28.0. The van der Waals surface area contributed by atoms with Crippen LogP contribution in [0, 0.1) is 5.92 Å². The van der Waals surface area contributed by atoms with Crippen molar-refractivity contribution in [1.82, 2.24) is 5.43 Å². The van der Waals surface area contributed by atoms with Crippen molar-refractivity contribution < 1.29 is 9.53 Å². The number of methoxy groups -OCH3 is 1. The smallest absolute Gasteiger partial charge is 0.244 e. The van der Waals surface area contributed by atoms with Crippen molar-refractivity contribution in [2.45, 2.75) is 11.8 Å². The summed E-state index contributed by atoms with van der Waals surface area (Å²) < 4.78 is 5.21.